The number of rotatable bonds is 102. The Morgan fingerprint density at radius 1 is 0.103 bits per heavy atom. The summed E-state index contributed by atoms with van der Waals surface area (Å²) < 4.78 is 0. The molecule has 0 heterocycles. The van der Waals surface area contributed by atoms with Crippen molar-refractivity contribution < 1.29 is 31.5 Å². The maximum absolute atomic E-state index is 7.50. The number of unbranched alkanes of at least 4 members (excludes halogenated alkanes) is 90. The van der Waals surface area contributed by atoms with Gasteiger partial charge in [-0.1, -0.05) is 619 Å². The molecule has 0 fully saturated rings. The summed E-state index contributed by atoms with van der Waals surface area (Å²) >= 11 is 0. The molecule has 0 aromatic heterocycles. The van der Waals surface area contributed by atoms with Gasteiger partial charge in [-0.3, -0.25) is 14.4 Å². The first kappa shape index (κ1) is 128. The van der Waals surface area contributed by atoms with Crippen LogP contribution in [0.2, 0.25) is 0 Å². The van der Waals surface area contributed by atoms with Crippen molar-refractivity contribution in [1.29, 1.82) is 0 Å². The first-order chi connectivity index (χ1) is 57.7. The van der Waals surface area contributed by atoms with Gasteiger partial charge < -0.3 is 0 Å². The minimum Gasteiger partial charge on any atom is -0.281 e. The van der Waals surface area contributed by atoms with Crippen molar-refractivity contribution >= 4 is 36.2 Å². The largest absolute Gasteiger partial charge is 0.281 e. The molecular weight excluding hydrogens is 1500 g/mol. The van der Waals surface area contributed by atoms with E-state index in [1.165, 1.54) is 578 Å². The van der Waals surface area contributed by atoms with Gasteiger partial charge in [0.15, 0.2) is 0 Å². The summed E-state index contributed by atoms with van der Waals surface area (Å²) in [7, 11) is 0.623. The molecule has 6 heteroatoms. The second-order valence-electron chi connectivity index (χ2n) is 37.5. The van der Waals surface area contributed by atoms with E-state index in [0.29, 0.717) is 15.8 Å². The molecule has 117 heavy (non-hydrogen) atoms. The molecule has 0 saturated carbocycles. The van der Waals surface area contributed by atoms with Crippen molar-refractivity contribution in [1.82, 2.24) is 0 Å². The Hall–Kier alpha value is 0.389. The molecule has 0 aliphatic heterocycles. The van der Waals surface area contributed by atoms with Crippen molar-refractivity contribution in [2.75, 3.05) is 37.0 Å². The Bertz CT molecular complexity index is 1270. The molecule has 0 unspecified atom stereocenters. The molecule has 0 amide bonds. The van der Waals surface area contributed by atoms with Gasteiger partial charge in [0.05, 0.1) is 0 Å². The zero-order valence-electron chi connectivity index (χ0n) is 82.1. The molecule has 0 rings (SSSR count). The van der Waals surface area contributed by atoms with Gasteiger partial charge in [-0.2, -0.15) is 0 Å². The maximum atomic E-state index is 7.50. The van der Waals surface area contributed by atoms with Gasteiger partial charge in [0, 0.05) is 17.1 Å². The average molecular weight is 1720 g/mol. The van der Waals surface area contributed by atoms with Gasteiger partial charge in [0.25, 0.3) is 20.4 Å². The fraction of sp³-hybridized carbons (Fsp3) is 0.973. The molecule has 0 aliphatic carbocycles. The summed E-state index contributed by atoms with van der Waals surface area (Å²) in [5, 5.41) is 0. The molecular formula is C111H222FeO3P2. The standard InChI is InChI=1S/2C54H111P.3CO.Fe/c2*1-4-7-10-13-16-19-22-25-28-31-34-37-40-43-46-49-52-55(53-50-47-44-41-38-35-32-29-26-23-20-17-14-11-8-5-2)54-51-48-45-42-39-36-33-30-27-24-21-18-15-12-9-6-3;3*1-2;/h2*4-54H2,1-3H3;;;;. The molecule has 0 saturated heterocycles. The van der Waals surface area contributed by atoms with Crippen LogP contribution in [0.1, 0.15) is 658 Å². The first-order valence-electron chi connectivity index (χ1n) is 54.8. The summed E-state index contributed by atoms with van der Waals surface area (Å²) in [5.41, 5.74) is 0. The molecule has 3 nitrogen and oxygen atoms in total. The molecule has 0 atom stereocenters. The third-order valence-electron chi connectivity index (χ3n) is 26.0. The second kappa shape index (κ2) is 132. The molecule has 0 aromatic carbocycles. The summed E-state index contributed by atoms with van der Waals surface area (Å²) in [6, 6.07) is 0. The molecule has 0 bridgehead atoms. The van der Waals surface area contributed by atoms with Crippen LogP contribution in [0, 0.1) is 0 Å². The van der Waals surface area contributed by atoms with Crippen LogP contribution >= 0.6 is 15.8 Å². The Kier molecular flexibility index (Phi) is 144. The van der Waals surface area contributed by atoms with E-state index in [-0.39, 0.29) is 17.1 Å². The summed E-state index contributed by atoms with van der Waals surface area (Å²) in [4.78, 5) is 22.5. The topological polar surface area (TPSA) is 51.2 Å². The van der Waals surface area contributed by atoms with Crippen molar-refractivity contribution in [3.05, 3.63) is 0 Å². The fourth-order valence-electron chi connectivity index (χ4n) is 18.0. The van der Waals surface area contributed by atoms with E-state index in [1.807, 2.05) is 0 Å². The van der Waals surface area contributed by atoms with Gasteiger partial charge in [-0.15, -0.1) is 15.8 Å². The second-order valence-corrected chi connectivity index (χ2v) is 42.9. The Balaban J connectivity index is -0.000000491. The van der Waals surface area contributed by atoms with Gasteiger partial charge in [0.2, 0.25) is 0 Å². The first-order valence-corrected chi connectivity index (χ1v) is 58.5. The van der Waals surface area contributed by atoms with Crippen LogP contribution in [0.5, 0.6) is 0 Å². The predicted molar refractivity (Wildman–Crippen MR) is 537 cm³/mol. The van der Waals surface area contributed by atoms with E-state index >= 15 is 0 Å². The van der Waals surface area contributed by atoms with Crippen molar-refractivity contribution in [2.24, 2.45) is 0 Å². The monoisotopic (exact) mass is 1720 g/mol. The Morgan fingerprint density at radius 2 is 0.154 bits per heavy atom. The average Bonchev–Trinajstić information content (AvgIpc) is 1.000. The third-order valence-corrected chi connectivity index (χ3v) is 31.7. The van der Waals surface area contributed by atoms with Crippen molar-refractivity contribution in [3.63, 3.8) is 0 Å². The van der Waals surface area contributed by atoms with E-state index < -0.39 is 0 Å². The molecule has 0 N–H and O–H groups in total. The van der Waals surface area contributed by atoms with Crippen LogP contribution in [-0.4, -0.2) is 57.3 Å². The number of carbonyl (C=O) groups excluding carboxylic acids is 3. The van der Waals surface area contributed by atoms with E-state index in [1.54, 1.807) is 75.5 Å². The molecule has 6 radical (unpaired) electrons. The van der Waals surface area contributed by atoms with E-state index in [2.05, 4.69) is 61.9 Å². The SMILES string of the molecule is CCCCCCCCCCCCCCCCCCP(CCCCCCCCCCCCCCCCCC)CCCCCCCCCCCCCCCCCC.CCCCCCCCCCCCCCCCCCP(CCCCCCCCCCCCCCCCCC)CCCCCCCCCCCCCCCCCC.[C]=O.[C]=O.[C]=O.[Fe]. The Morgan fingerprint density at radius 3 is 0.214 bits per heavy atom. The molecule has 0 aromatic rings. The number of hydrogen-bond acceptors (Lipinski definition) is 3. The zero-order valence-corrected chi connectivity index (χ0v) is 85.0. The van der Waals surface area contributed by atoms with Gasteiger partial charge in [-0.25, -0.2) is 0 Å². The number of hydrogen-bond donors (Lipinski definition) is 0. The van der Waals surface area contributed by atoms with E-state index in [4.69, 9.17) is 14.4 Å². The van der Waals surface area contributed by atoms with Crippen LogP contribution in [0.3, 0.4) is 0 Å². The fourth-order valence-corrected chi connectivity index (χ4v) is 23.3. The van der Waals surface area contributed by atoms with Crippen LogP contribution in [-0.2, 0) is 31.5 Å². The van der Waals surface area contributed by atoms with Crippen LogP contribution < -0.4 is 0 Å². The smallest absolute Gasteiger partial charge is 0.281 e. The minimum absolute atomic E-state index is 0. The van der Waals surface area contributed by atoms with Crippen molar-refractivity contribution in [3.8, 4) is 0 Å². The van der Waals surface area contributed by atoms with Crippen LogP contribution in [0.25, 0.3) is 0 Å². The molecule has 0 spiro atoms. The normalized spacial score (nSPS) is 11.2. The molecule has 0 aliphatic rings. The van der Waals surface area contributed by atoms with E-state index in [0.717, 1.165) is 0 Å². The summed E-state index contributed by atoms with van der Waals surface area (Å²) in [6.07, 6.45) is 153. The molecule has 702 valence electrons. The quantitative estimate of drug-likeness (QED) is 0.0346. The maximum Gasteiger partial charge on any atom is 0.281 e. The summed E-state index contributed by atoms with van der Waals surface area (Å²) in [6.45, 7) is 27.4. The summed E-state index contributed by atoms with van der Waals surface area (Å²) in [5.74, 6) is 0. The zero-order chi connectivity index (χ0) is 85.3. The van der Waals surface area contributed by atoms with Crippen molar-refractivity contribution in [2.45, 2.75) is 658 Å². The van der Waals surface area contributed by atoms with Crippen LogP contribution in [0.15, 0.2) is 0 Å². The Labute approximate surface area is 757 Å². The van der Waals surface area contributed by atoms with Gasteiger partial charge in [-0.05, 0) is 75.5 Å². The van der Waals surface area contributed by atoms with Gasteiger partial charge in [0.1, 0.15) is 0 Å². The minimum atomic E-state index is 0. The predicted octanol–water partition coefficient (Wildman–Crippen LogP) is 41.3. The third kappa shape index (κ3) is 130. The van der Waals surface area contributed by atoms with E-state index in [9.17, 15) is 0 Å². The van der Waals surface area contributed by atoms with Crippen LogP contribution in [0.4, 0.5) is 0 Å². The van der Waals surface area contributed by atoms with Gasteiger partial charge >= 0.3 is 0 Å².